The van der Waals surface area contributed by atoms with E-state index >= 15 is 0 Å². The third kappa shape index (κ3) is 2.45. The maximum Gasteiger partial charge on any atom is 0.310 e. The van der Waals surface area contributed by atoms with E-state index in [9.17, 15) is 9.59 Å². The number of nitrogens with zero attached hydrogens (tertiary/aromatic N) is 1. The molecule has 0 N–H and O–H groups in total. The maximum atomic E-state index is 12.2. The second-order valence-corrected chi connectivity index (χ2v) is 5.89. The van der Waals surface area contributed by atoms with Gasteiger partial charge < -0.3 is 9.64 Å². The summed E-state index contributed by atoms with van der Waals surface area (Å²) in [4.78, 5) is 25.5. The van der Waals surface area contributed by atoms with Crippen LogP contribution in [-0.2, 0) is 14.3 Å². The van der Waals surface area contributed by atoms with Gasteiger partial charge in [0.1, 0.15) is 0 Å². The quantitative estimate of drug-likeness (QED) is 0.685. The summed E-state index contributed by atoms with van der Waals surface area (Å²) in [6, 6.07) is 0. The molecule has 4 heteroatoms. The van der Waals surface area contributed by atoms with Gasteiger partial charge in [-0.2, -0.15) is 0 Å². The molecule has 1 amide bonds. The Bertz CT molecular complexity index is 338. The minimum Gasteiger partial charge on any atom is -0.469 e. The van der Waals surface area contributed by atoms with Crippen molar-refractivity contribution in [2.75, 3.05) is 20.2 Å². The average Bonchev–Trinajstić information content (AvgIpc) is 2.96. The predicted octanol–water partition coefficient (Wildman–Crippen LogP) is 1.44. The molecule has 1 saturated heterocycles. The van der Waals surface area contributed by atoms with Crippen LogP contribution in [0, 0.1) is 17.3 Å². The Labute approximate surface area is 102 Å². The molecule has 0 radical (unpaired) electrons. The standard InChI is InChI=1S/C13H21NO3/c1-13(2)7-10(13)11(15)14-6-4-5-9(8-14)12(16)17-3/h9-10H,4-8H2,1-3H3/t9-,10?/m0/s1. The Morgan fingerprint density at radius 2 is 2.00 bits per heavy atom. The van der Waals surface area contributed by atoms with Gasteiger partial charge in [-0.15, -0.1) is 0 Å². The zero-order valence-corrected chi connectivity index (χ0v) is 10.9. The zero-order valence-electron chi connectivity index (χ0n) is 10.9. The smallest absolute Gasteiger partial charge is 0.310 e. The first-order valence-electron chi connectivity index (χ1n) is 6.32. The zero-order chi connectivity index (χ0) is 12.6. The minimum absolute atomic E-state index is 0.125. The largest absolute Gasteiger partial charge is 0.469 e. The molecule has 0 spiro atoms. The molecule has 1 saturated carbocycles. The van der Waals surface area contributed by atoms with Crippen molar-refractivity contribution >= 4 is 11.9 Å². The van der Waals surface area contributed by atoms with Crippen molar-refractivity contribution in [1.82, 2.24) is 4.90 Å². The number of methoxy groups -OCH3 is 1. The van der Waals surface area contributed by atoms with Gasteiger partial charge in [-0.3, -0.25) is 9.59 Å². The van der Waals surface area contributed by atoms with Crippen molar-refractivity contribution in [2.24, 2.45) is 17.3 Å². The highest BCUT2D eigenvalue weighted by molar-refractivity contribution is 5.83. The molecule has 0 aromatic heterocycles. The molecule has 0 aromatic carbocycles. The summed E-state index contributed by atoms with van der Waals surface area (Å²) in [5.74, 6) is 0.0830. The molecule has 1 unspecified atom stereocenters. The first kappa shape index (κ1) is 12.4. The topological polar surface area (TPSA) is 46.6 Å². The van der Waals surface area contributed by atoms with Crippen molar-refractivity contribution in [2.45, 2.75) is 33.1 Å². The van der Waals surface area contributed by atoms with E-state index in [2.05, 4.69) is 13.8 Å². The Balaban J connectivity index is 1.94. The Kier molecular flexibility index (Phi) is 3.15. The van der Waals surface area contributed by atoms with E-state index in [1.807, 2.05) is 4.90 Å². The highest BCUT2D eigenvalue weighted by Gasteiger charge is 2.52. The lowest BCUT2D eigenvalue weighted by atomic mass is 9.97. The van der Waals surface area contributed by atoms with Gasteiger partial charge in [0.15, 0.2) is 0 Å². The van der Waals surface area contributed by atoms with E-state index in [1.165, 1.54) is 7.11 Å². The molecule has 1 aliphatic heterocycles. The first-order chi connectivity index (χ1) is 7.95. The van der Waals surface area contributed by atoms with Gasteiger partial charge in [-0.1, -0.05) is 13.8 Å². The second kappa shape index (κ2) is 4.31. The molecule has 0 aromatic rings. The highest BCUT2D eigenvalue weighted by atomic mass is 16.5. The van der Waals surface area contributed by atoms with Crippen molar-refractivity contribution < 1.29 is 14.3 Å². The van der Waals surface area contributed by atoms with Crippen LogP contribution in [0.5, 0.6) is 0 Å². The molecular weight excluding hydrogens is 218 g/mol. The summed E-state index contributed by atoms with van der Waals surface area (Å²) < 4.78 is 4.76. The van der Waals surface area contributed by atoms with Gasteiger partial charge in [0, 0.05) is 19.0 Å². The van der Waals surface area contributed by atoms with E-state index in [1.54, 1.807) is 0 Å². The maximum absolute atomic E-state index is 12.2. The number of ether oxygens (including phenoxy) is 1. The molecule has 17 heavy (non-hydrogen) atoms. The monoisotopic (exact) mass is 239 g/mol. The summed E-state index contributed by atoms with van der Waals surface area (Å²) in [6.45, 7) is 5.57. The van der Waals surface area contributed by atoms with Crippen LogP contribution in [0.25, 0.3) is 0 Å². The molecule has 2 atom stereocenters. The van der Waals surface area contributed by atoms with E-state index in [-0.39, 0.29) is 29.1 Å². The fourth-order valence-electron chi connectivity index (χ4n) is 2.65. The molecule has 96 valence electrons. The van der Waals surface area contributed by atoms with Crippen LogP contribution in [-0.4, -0.2) is 37.0 Å². The molecule has 2 fully saturated rings. The normalized spacial score (nSPS) is 30.9. The number of esters is 1. The van der Waals surface area contributed by atoms with Gasteiger partial charge in [-0.25, -0.2) is 0 Å². The lowest BCUT2D eigenvalue weighted by molar-refractivity contribution is -0.149. The highest BCUT2D eigenvalue weighted by Crippen LogP contribution is 2.52. The lowest BCUT2D eigenvalue weighted by Gasteiger charge is -2.31. The van der Waals surface area contributed by atoms with E-state index in [4.69, 9.17) is 4.74 Å². The van der Waals surface area contributed by atoms with Crippen LogP contribution in [0.2, 0.25) is 0 Å². The number of rotatable bonds is 2. The average molecular weight is 239 g/mol. The van der Waals surface area contributed by atoms with E-state index in [0.717, 1.165) is 25.8 Å². The van der Waals surface area contributed by atoms with Crippen molar-refractivity contribution in [3.63, 3.8) is 0 Å². The van der Waals surface area contributed by atoms with Crippen LogP contribution in [0.3, 0.4) is 0 Å². The summed E-state index contributed by atoms with van der Waals surface area (Å²) >= 11 is 0. The van der Waals surface area contributed by atoms with Gasteiger partial charge in [0.05, 0.1) is 13.0 Å². The number of carbonyl (C=O) groups is 2. The van der Waals surface area contributed by atoms with Crippen LogP contribution < -0.4 is 0 Å². The van der Waals surface area contributed by atoms with Gasteiger partial charge >= 0.3 is 5.97 Å². The minimum atomic E-state index is -0.183. The summed E-state index contributed by atoms with van der Waals surface area (Å²) in [5.41, 5.74) is 0.162. The summed E-state index contributed by atoms with van der Waals surface area (Å²) in [5, 5.41) is 0. The Morgan fingerprint density at radius 1 is 1.35 bits per heavy atom. The lowest BCUT2D eigenvalue weighted by Crippen LogP contribution is -2.43. The number of likely N-dealkylation sites (tertiary alicyclic amines) is 1. The van der Waals surface area contributed by atoms with Gasteiger partial charge in [-0.05, 0) is 24.7 Å². The number of carbonyl (C=O) groups excluding carboxylic acids is 2. The predicted molar refractivity (Wildman–Crippen MR) is 63.2 cm³/mol. The fourth-order valence-corrected chi connectivity index (χ4v) is 2.65. The molecule has 0 bridgehead atoms. The molecule has 4 nitrogen and oxygen atoms in total. The Hall–Kier alpha value is -1.06. The van der Waals surface area contributed by atoms with E-state index < -0.39 is 0 Å². The number of hydrogen-bond acceptors (Lipinski definition) is 3. The summed E-state index contributed by atoms with van der Waals surface area (Å²) in [7, 11) is 1.41. The van der Waals surface area contributed by atoms with Gasteiger partial charge in [0.25, 0.3) is 0 Å². The molecule has 1 aliphatic carbocycles. The van der Waals surface area contributed by atoms with Crippen LogP contribution in [0.4, 0.5) is 0 Å². The number of amides is 1. The SMILES string of the molecule is COC(=O)[C@H]1CCCN(C(=O)C2CC2(C)C)C1. The van der Waals surface area contributed by atoms with Crippen molar-refractivity contribution in [3.8, 4) is 0 Å². The summed E-state index contributed by atoms with van der Waals surface area (Å²) in [6.07, 6.45) is 2.72. The molecule has 2 rings (SSSR count). The van der Waals surface area contributed by atoms with Crippen LogP contribution in [0.15, 0.2) is 0 Å². The third-order valence-corrected chi connectivity index (χ3v) is 4.08. The van der Waals surface area contributed by atoms with Crippen molar-refractivity contribution in [1.29, 1.82) is 0 Å². The van der Waals surface area contributed by atoms with Crippen LogP contribution >= 0.6 is 0 Å². The Morgan fingerprint density at radius 3 is 2.53 bits per heavy atom. The number of hydrogen-bond donors (Lipinski definition) is 0. The fraction of sp³-hybridized carbons (Fsp3) is 0.846. The molecule has 2 aliphatic rings. The number of piperidine rings is 1. The van der Waals surface area contributed by atoms with Gasteiger partial charge in [0.2, 0.25) is 5.91 Å². The first-order valence-corrected chi connectivity index (χ1v) is 6.32. The third-order valence-electron chi connectivity index (χ3n) is 4.08. The molecular formula is C13H21NO3. The van der Waals surface area contributed by atoms with Crippen molar-refractivity contribution in [3.05, 3.63) is 0 Å². The molecule has 1 heterocycles. The van der Waals surface area contributed by atoms with E-state index in [0.29, 0.717) is 6.54 Å². The second-order valence-electron chi connectivity index (χ2n) is 5.89. The van der Waals surface area contributed by atoms with Crippen LogP contribution in [0.1, 0.15) is 33.1 Å².